The van der Waals surface area contributed by atoms with E-state index in [2.05, 4.69) is 0 Å². The fraction of sp³-hybridized carbons (Fsp3) is 0. The van der Waals surface area contributed by atoms with E-state index in [9.17, 15) is 0 Å². The molecule has 0 aliphatic rings. The quantitative estimate of drug-likeness (QED) is 0.314. The number of carboxylic acid groups (broad SMARTS) is 4. The summed E-state index contributed by atoms with van der Waals surface area (Å²) in [4.78, 5) is 35.7. The number of rotatable bonds is 0. The summed E-state index contributed by atoms with van der Waals surface area (Å²) in [6.45, 7) is 0. The van der Waals surface area contributed by atoms with Crippen molar-refractivity contribution >= 4 is 23.9 Å². The molecule has 0 spiro atoms. The van der Waals surface area contributed by atoms with Gasteiger partial charge in [-0.3, -0.25) is 0 Å². The molecule has 0 atom stereocenters. The molecule has 0 bridgehead atoms. The van der Waals surface area contributed by atoms with E-state index >= 15 is 0 Å². The van der Waals surface area contributed by atoms with Gasteiger partial charge in [0.05, 0.1) is 23.9 Å². The van der Waals surface area contributed by atoms with Crippen LogP contribution in [0.25, 0.3) is 0 Å². The van der Waals surface area contributed by atoms with Gasteiger partial charge in [0, 0.05) is 0 Å². The SMILES string of the molecule is O=C([O-])C(=O)[O-].O=C([O-])C(=O)[O-].[Co+2].[Mn+2]. The largest absolute Gasteiger partial charge is 2.00 e. The molecule has 0 heterocycles. The summed E-state index contributed by atoms with van der Waals surface area (Å²) < 4.78 is 0. The van der Waals surface area contributed by atoms with Crippen LogP contribution in [0.2, 0.25) is 0 Å². The zero-order chi connectivity index (χ0) is 10.3. The van der Waals surface area contributed by atoms with E-state index < -0.39 is 23.9 Å². The maximum Gasteiger partial charge on any atom is 2.00 e. The second-order valence-corrected chi connectivity index (χ2v) is 1.15. The Hall–Kier alpha value is -1.09. The van der Waals surface area contributed by atoms with Gasteiger partial charge in [0.15, 0.2) is 0 Å². The van der Waals surface area contributed by atoms with Crippen LogP contribution in [0.15, 0.2) is 0 Å². The molecule has 0 saturated carbocycles. The Kier molecular flexibility index (Phi) is 19.6. The van der Waals surface area contributed by atoms with Gasteiger partial charge in [0.1, 0.15) is 0 Å². The van der Waals surface area contributed by atoms with Crippen LogP contribution in [0.3, 0.4) is 0 Å². The number of carbonyl (C=O) groups excluding carboxylic acids is 4. The molecule has 8 nitrogen and oxygen atoms in total. The third-order valence-electron chi connectivity index (χ3n) is 0.333. The summed E-state index contributed by atoms with van der Waals surface area (Å²) >= 11 is 0. The number of aliphatic carboxylic acids is 4. The van der Waals surface area contributed by atoms with Gasteiger partial charge in [0.25, 0.3) is 0 Å². The fourth-order valence-electron chi connectivity index (χ4n) is 0. The first kappa shape index (κ1) is 23.1. The third-order valence-corrected chi connectivity index (χ3v) is 0.333. The molecular weight excluding hydrogens is 290 g/mol. The minimum absolute atomic E-state index is 0. The van der Waals surface area contributed by atoms with Gasteiger partial charge in [-0.1, -0.05) is 0 Å². The van der Waals surface area contributed by atoms with Gasteiger partial charge in [-0.2, -0.15) is 0 Å². The van der Waals surface area contributed by atoms with E-state index in [0.717, 1.165) is 0 Å². The molecule has 0 aliphatic heterocycles. The fourth-order valence-corrected chi connectivity index (χ4v) is 0. The average Bonchev–Trinajstić information content (AvgIpc) is 1.88. The van der Waals surface area contributed by atoms with Crippen molar-refractivity contribution in [2.75, 3.05) is 0 Å². The summed E-state index contributed by atoms with van der Waals surface area (Å²) in [7, 11) is 0. The van der Waals surface area contributed by atoms with Crippen molar-refractivity contribution in [1.82, 2.24) is 0 Å². The number of carboxylic acids is 4. The molecule has 0 aromatic rings. The van der Waals surface area contributed by atoms with Crippen LogP contribution in [-0.4, -0.2) is 23.9 Å². The monoisotopic (exact) mass is 290 g/mol. The summed E-state index contributed by atoms with van der Waals surface area (Å²) in [6.07, 6.45) is 0. The zero-order valence-electron chi connectivity index (χ0n) is 5.98. The summed E-state index contributed by atoms with van der Waals surface area (Å²) in [6, 6.07) is 0. The Balaban J connectivity index is -0.0000000625. The van der Waals surface area contributed by atoms with Crippen LogP contribution in [0.5, 0.6) is 0 Å². The van der Waals surface area contributed by atoms with E-state index in [-0.39, 0.29) is 33.8 Å². The van der Waals surface area contributed by atoms with Crippen molar-refractivity contribution < 1.29 is 73.5 Å². The van der Waals surface area contributed by atoms with E-state index in [1.54, 1.807) is 0 Å². The molecule has 0 fully saturated rings. The van der Waals surface area contributed by atoms with Crippen LogP contribution >= 0.6 is 0 Å². The van der Waals surface area contributed by atoms with Crippen molar-refractivity contribution in [3.05, 3.63) is 0 Å². The van der Waals surface area contributed by atoms with Gasteiger partial charge in [-0.25, -0.2) is 0 Å². The van der Waals surface area contributed by atoms with Crippen LogP contribution in [0, 0.1) is 0 Å². The topological polar surface area (TPSA) is 161 Å². The molecule has 14 heavy (non-hydrogen) atoms. The van der Waals surface area contributed by atoms with E-state index in [1.165, 1.54) is 0 Å². The maximum absolute atomic E-state index is 8.93. The molecule has 0 rings (SSSR count). The van der Waals surface area contributed by atoms with Crippen LogP contribution in [0.1, 0.15) is 0 Å². The molecular formula is C4CoMnO8. The number of carbonyl (C=O) groups is 4. The van der Waals surface area contributed by atoms with Crippen LogP contribution in [0.4, 0.5) is 0 Å². The summed E-state index contributed by atoms with van der Waals surface area (Å²) in [5.41, 5.74) is 0. The Bertz CT molecular complexity index is 177. The second kappa shape index (κ2) is 11.9. The first-order valence-electron chi connectivity index (χ1n) is 2.13. The normalized spacial score (nSPS) is 6.29. The van der Waals surface area contributed by atoms with E-state index in [4.69, 9.17) is 39.6 Å². The van der Waals surface area contributed by atoms with E-state index in [0.29, 0.717) is 0 Å². The van der Waals surface area contributed by atoms with Gasteiger partial charge < -0.3 is 39.6 Å². The molecule has 0 unspecified atom stereocenters. The number of hydrogen-bond donors (Lipinski definition) is 0. The van der Waals surface area contributed by atoms with Gasteiger partial charge >= 0.3 is 33.8 Å². The molecule has 0 N–H and O–H groups in total. The Morgan fingerprint density at radius 3 is 0.643 bits per heavy atom. The summed E-state index contributed by atoms with van der Waals surface area (Å²) in [5, 5.41) is 35.7. The third kappa shape index (κ3) is 22.4. The first-order chi connectivity index (χ1) is 5.29. The molecule has 10 heteroatoms. The Morgan fingerprint density at radius 1 is 0.571 bits per heavy atom. The van der Waals surface area contributed by atoms with Crippen molar-refractivity contribution in [3.8, 4) is 0 Å². The zero-order valence-corrected chi connectivity index (χ0v) is 8.20. The van der Waals surface area contributed by atoms with Crippen molar-refractivity contribution in [2.45, 2.75) is 0 Å². The van der Waals surface area contributed by atoms with E-state index in [1.807, 2.05) is 0 Å². The standard InChI is InChI=1S/2C2H2O4.Co.Mn/c2*3-1(4)2(5)6;;/h2*(H,3,4)(H,5,6);;/q;;2*+2/p-4. The van der Waals surface area contributed by atoms with Crippen molar-refractivity contribution in [3.63, 3.8) is 0 Å². The predicted molar refractivity (Wildman–Crippen MR) is 20.0 cm³/mol. The van der Waals surface area contributed by atoms with Gasteiger partial charge in [-0.05, 0) is 0 Å². The first-order valence-corrected chi connectivity index (χ1v) is 2.13. The smallest absolute Gasteiger partial charge is 0.543 e. The molecule has 80 valence electrons. The van der Waals surface area contributed by atoms with Gasteiger partial charge in [-0.15, -0.1) is 0 Å². The number of hydrogen-bond acceptors (Lipinski definition) is 8. The van der Waals surface area contributed by atoms with Crippen molar-refractivity contribution in [1.29, 1.82) is 0 Å². The van der Waals surface area contributed by atoms with Gasteiger partial charge in [0.2, 0.25) is 0 Å². The van der Waals surface area contributed by atoms with Crippen molar-refractivity contribution in [2.24, 2.45) is 0 Å². The molecule has 2 radical (unpaired) electrons. The van der Waals surface area contributed by atoms with Crippen LogP contribution < -0.4 is 20.4 Å². The molecule has 0 aliphatic carbocycles. The predicted octanol–water partition coefficient (Wildman–Crippen LogP) is -7.03. The average molecular weight is 290 g/mol. The Labute approximate surface area is 97.6 Å². The summed E-state index contributed by atoms with van der Waals surface area (Å²) in [5.74, 6) is -8.74. The molecule has 0 aromatic heterocycles. The maximum atomic E-state index is 8.93. The molecule has 0 saturated heterocycles. The minimum Gasteiger partial charge on any atom is -0.543 e. The minimum atomic E-state index is -2.19. The molecule has 0 aromatic carbocycles. The molecule has 0 amide bonds. The van der Waals surface area contributed by atoms with Crippen LogP contribution in [-0.2, 0) is 53.0 Å². The Morgan fingerprint density at radius 2 is 0.643 bits per heavy atom. The second-order valence-electron chi connectivity index (χ2n) is 1.15.